The lowest BCUT2D eigenvalue weighted by Crippen LogP contribution is -2.14. The number of nitro groups is 2. The highest BCUT2D eigenvalue weighted by molar-refractivity contribution is 6.06. The molecule has 0 aliphatic heterocycles. The Kier molecular flexibility index (Phi) is 4.30. The summed E-state index contributed by atoms with van der Waals surface area (Å²) in [7, 11) is 0. The number of nitrogens with zero attached hydrogens (tertiary/aromatic N) is 2. The lowest BCUT2D eigenvalue weighted by Gasteiger charge is -2.08. The van der Waals surface area contributed by atoms with Gasteiger partial charge in [0.2, 0.25) is 5.82 Å². The fourth-order valence-corrected chi connectivity index (χ4v) is 2.00. The Morgan fingerprint density at radius 2 is 1.74 bits per heavy atom. The standard InChI is InChI=1S/C14H10FN3O5/c1-8-10(3-2-4-12(8)17(20)21)14(19)16-9-5-6-11(15)13(7-9)18(22)23/h2-7H,1H3,(H,16,19). The van der Waals surface area contributed by atoms with Crippen LogP contribution < -0.4 is 5.32 Å². The van der Waals surface area contributed by atoms with Gasteiger partial charge in [-0.05, 0) is 25.1 Å². The van der Waals surface area contributed by atoms with Crippen molar-refractivity contribution in [1.29, 1.82) is 0 Å². The molecule has 2 rings (SSSR count). The molecule has 0 bridgehead atoms. The van der Waals surface area contributed by atoms with Crippen LogP contribution in [0.5, 0.6) is 0 Å². The van der Waals surface area contributed by atoms with Crippen molar-refractivity contribution in [3.8, 4) is 0 Å². The first-order valence-electron chi connectivity index (χ1n) is 6.30. The van der Waals surface area contributed by atoms with Crippen LogP contribution in [-0.4, -0.2) is 15.8 Å². The average Bonchev–Trinajstić information content (AvgIpc) is 2.48. The Morgan fingerprint density at radius 1 is 1.09 bits per heavy atom. The summed E-state index contributed by atoms with van der Waals surface area (Å²) in [6.45, 7) is 1.42. The molecule has 0 atom stereocenters. The molecule has 118 valence electrons. The Bertz CT molecular complexity index is 822. The second kappa shape index (κ2) is 6.18. The zero-order valence-electron chi connectivity index (χ0n) is 11.8. The third-order valence-corrected chi connectivity index (χ3v) is 3.15. The molecule has 0 radical (unpaired) electrons. The number of nitro benzene ring substituents is 2. The lowest BCUT2D eigenvalue weighted by atomic mass is 10.1. The third-order valence-electron chi connectivity index (χ3n) is 3.15. The van der Waals surface area contributed by atoms with Crippen molar-refractivity contribution in [2.45, 2.75) is 6.92 Å². The summed E-state index contributed by atoms with van der Waals surface area (Å²) in [5.74, 6) is -1.72. The van der Waals surface area contributed by atoms with E-state index in [2.05, 4.69) is 5.32 Å². The zero-order valence-corrected chi connectivity index (χ0v) is 11.8. The SMILES string of the molecule is Cc1c(C(=O)Nc2ccc(F)c([N+](=O)[O-])c2)cccc1[N+](=O)[O-]. The first kappa shape index (κ1) is 16.0. The molecule has 0 aromatic heterocycles. The summed E-state index contributed by atoms with van der Waals surface area (Å²) >= 11 is 0. The van der Waals surface area contributed by atoms with Crippen molar-refractivity contribution in [2.75, 3.05) is 5.32 Å². The van der Waals surface area contributed by atoms with Gasteiger partial charge < -0.3 is 5.32 Å². The van der Waals surface area contributed by atoms with E-state index in [4.69, 9.17) is 0 Å². The van der Waals surface area contributed by atoms with Crippen molar-refractivity contribution < 1.29 is 19.0 Å². The van der Waals surface area contributed by atoms with Gasteiger partial charge in [-0.25, -0.2) is 0 Å². The maximum Gasteiger partial charge on any atom is 0.306 e. The van der Waals surface area contributed by atoms with E-state index in [1.54, 1.807) is 0 Å². The first-order valence-corrected chi connectivity index (χ1v) is 6.30. The molecular formula is C14H10FN3O5. The molecule has 0 fully saturated rings. The van der Waals surface area contributed by atoms with Crippen molar-refractivity contribution in [3.63, 3.8) is 0 Å². The molecule has 9 heteroatoms. The van der Waals surface area contributed by atoms with Gasteiger partial charge in [-0.1, -0.05) is 6.07 Å². The number of carbonyl (C=O) groups excluding carboxylic acids is 1. The summed E-state index contributed by atoms with van der Waals surface area (Å²) < 4.78 is 13.3. The normalized spacial score (nSPS) is 10.2. The Hall–Kier alpha value is -3.36. The Balaban J connectivity index is 2.33. The molecule has 2 aromatic rings. The van der Waals surface area contributed by atoms with Gasteiger partial charge in [-0.15, -0.1) is 0 Å². The fraction of sp³-hybridized carbons (Fsp3) is 0.0714. The van der Waals surface area contributed by atoms with Crippen molar-refractivity contribution in [1.82, 2.24) is 0 Å². The van der Waals surface area contributed by atoms with Gasteiger partial charge >= 0.3 is 5.69 Å². The van der Waals surface area contributed by atoms with Gasteiger partial charge in [0.1, 0.15) is 0 Å². The molecule has 0 heterocycles. The Morgan fingerprint density at radius 3 is 2.35 bits per heavy atom. The predicted octanol–water partition coefficient (Wildman–Crippen LogP) is 3.20. The molecule has 0 spiro atoms. The maximum atomic E-state index is 13.3. The molecule has 0 saturated heterocycles. The van der Waals surface area contributed by atoms with Gasteiger partial charge in [0.25, 0.3) is 11.6 Å². The molecule has 0 aliphatic rings. The molecule has 0 saturated carbocycles. The molecule has 1 N–H and O–H groups in total. The first-order chi connectivity index (χ1) is 10.8. The summed E-state index contributed by atoms with van der Waals surface area (Å²) in [5.41, 5.74) is -0.784. The number of anilines is 1. The van der Waals surface area contributed by atoms with Gasteiger partial charge in [0, 0.05) is 28.9 Å². The van der Waals surface area contributed by atoms with Crippen molar-refractivity contribution in [3.05, 3.63) is 73.6 Å². The summed E-state index contributed by atoms with van der Waals surface area (Å²) in [4.78, 5) is 32.2. The van der Waals surface area contributed by atoms with Crippen LogP contribution in [-0.2, 0) is 0 Å². The van der Waals surface area contributed by atoms with Crippen LogP contribution in [0.4, 0.5) is 21.5 Å². The van der Waals surface area contributed by atoms with E-state index in [9.17, 15) is 29.4 Å². The number of halogens is 1. The molecule has 0 unspecified atom stereocenters. The monoisotopic (exact) mass is 319 g/mol. The molecule has 1 amide bonds. The molecule has 8 nitrogen and oxygen atoms in total. The highest BCUT2D eigenvalue weighted by Crippen LogP contribution is 2.24. The van der Waals surface area contributed by atoms with Crippen LogP contribution in [0.3, 0.4) is 0 Å². The minimum absolute atomic E-state index is 0.00834. The zero-order chi connectivity index (χ0) is 17.1. The summed E-state index contributed by atoms with van der Waals surface area (Å²) in [6.07, 6.45) is 0. The third kappa shape index (κ3) is 3.28. The highest BCUT2D eigenvalue weighted by Gasteiger charge is 2.19. The van der Waals surface area contributed by atoms with Gasteiger partial charge in [0.15, 0.2) is 0 Å². The van der Waals surface area contributed by atoms with Crippen LogP contribution in [0, 0.1) is 33.0 Å². The van der Waals surface area contributed by atoms with Crippen molar-refractivity contribution >= 4 is 23.0 Å². The number of amides is 1. The molecule has 23 heavy (non-hydrogen) atoms. The van der Waals surface area contributed by atoms with Crippen molar-refractivity contribution in [2.24, 2.45) is 0 Å². The van der Waals surface area contributed by atoms with Crippen LogP contribution in [0.25, 0.3) is 0 Å². The quantitative estimate of drug-likeness (QED) is 0.686. The van der Waals surface area contributed by atoms with E-state index >= 15 is 0 Å². The van der Waals surface area contributed by atoms with Crippen LogP contribution in [0.15, 0.2) is 36.4 Å². The second-order valence-electron chi connectivity index (χ2n) is 4.58. The largest absolute Gasteiger partial charge is 0.322 e. The average molecular weight is 319 g/mol. The molecule has 0 aliphatic carbocycles. The second-order valence-corrected chi connectivity index (χ2v) is 4.58. The predicted molar refractivity (Wildman–Crippen MR) is 78.8 cm³/mol. The topological polar surface area (TPSA) is 115 Å². The fourth-order valence-electron chi connectivity index (χ4n) is 2.00. The number of nitrogens with one attached hydrogen (secondary N) is 1. The van der Waals surface area contributed by atoms with E-state index < -0.39 is 27.3 Å². The van der Waals surface area contributed by atoms with E-state index in [0.29, 0.717) is 0 Å². The van der Waals surface area contributed by atoms with Crippen LogP contribution in [0.2, 0.25) is 0 Å². The number of benzene rings is 2. The lowest BCUT2D eigenvalue weighted by molar-refractivity contribution is -0.387. The number of rotatable bonds is 4. The number of carbonyl (C=O) groups is 1. The maximum absolute atomic E-state index is 13.3. The number of hydrogen-bond acceptors (Lipinski definition) is 5. The highest BCUT2D eigenvalue weighted by atomic mass is 19.1. The molecule has 2 aromatic carbocycles. The molecular weight excluding hydrogens is 309 g/mol. The van der Waals surface area contributed by atoms with Gasteiger partial charge in [0.05, 0.1) is 9.85 Å². The Labute approximate surface area is 128 Å². The van der Waals surface area contributed by atoms with Gasteiger partial charge in [-0.3, -0.25) is 25.0 Å². The number of hydrogen-bond donors (Lipinski definition) is 1. The summed E-state index contributed by atoms with van der Waals surface area (Å²) in [6, 6.07) is 6.89. The minimum Gasteiger partial charge on any atom is -0.322 e. The van der Waals surface area contributed by atoms with Gasteiger partial charge in [-0.2, -0.15) is 4.39 Å². The van der Waals surface area contributed by atoms with E-state index in [-0.39, 0.29) is 22.5 Å². The summed E-state index contributed by atoms with van der Waals surface area (Å²) in [5, 5.41) is 23.9. The van der Waals surface area contributed by atoms with E-state index in [0.717, 1.165) is 18.2 Å². The van der Waals surface area contributed by atoms with Crippen LogP contribution >= 0.6 is 0 Å². The minimum atomic E-state index is -1.03. The van der Waals surface area contributed by atoms with Crippen LogP contribution in [0.1, 0.15) is 15.9 Å². The van der Waals surface area contributed by atoms with E-state index in [1.165, 1.54) is 25.1 Å². The smallest absolute Gasteiger partial charge is 0.306 e. The van der Waals surface area contributed by atoms with E-state index in [1.807, 2.05) is 0 Å².